The molecule has 0 aromatic carbocycles. The Hall–Kier alpha value is -3.44. The first-order valence-electron chi connectivity index (χ1n) is 11.0. The van der Waals surface area contributed by atoms with Gasteiger partial charge in [-0.2, -0.15) is 9.61 Å². The first-order valence-corrected chi connectivity index (χ1v) is 11.0. The van der Waals surface area contributed by atoms with Gasteiger partial charge in [0.25, 0.3) is 11.5 Å². The molecular weight excluding hydrogens is 426 g/mol. The van der Waals surface area contributed by atoms with Crippen molar-refractivity contribution in [2.45, 2.75) is 37.8 Å². The van der Waals surface area contributed by atoms with Crippen LogP contribution in [0.5, 0.6) is 0 Å². The van der Waals surface area contributed by atoms with E-state index in [9.17, 15) is 9.59 Å². The number of nitrogens with one attached hydrogen (secondary N) is 2. The molecule has 5 rings (SSSR count). The Bertz CT molecular complexity index is 1180. The van der Waals surface area contributed by atoms with Crippen LogP contribution >= 0.6 is 0 Å². The van der Waals surface area contributed by atoms with Gasteiger partial charge in [-0.3, -0.25) is 9.59 Å². The Morgan fingerprint density at radius 1 is 1.33 bits per heavy atom. The van der Waals surface area contributed by atoms with Crippen LogP contribution in [0.1, 0.15) is 42.1 Å². The van der Waals surface area contributed by atoms with Gasteiger partial charge in [0.05, 0.1) is 24.9 Å². The molecule has 11 heteroatoms. The predicted molar refractivity (Wildman–Crippen MR) is 124 cm³/mol. The zero-order valence-electron chi connectivity index (χ0n) is 18.8. The van der Waals surface area contributed by atoms with Crippen molar-refractivity contribution < 1.29 is 14.3 Å². The maximum atomic E-state index is 12.9. The van der Waals surface area contributed by atoms with Gasteiger partial charge in [0.1, 0.15) is 22.9 Å². The van der Waals surface area contributed by atoms with E-state index in [4.69, 9.17) is 15.2 Å². The lowest BCUT2D eigenvalue weighted by atomic mass is 10.1. The van der Waals surface area contributed by atoms with E-state index >= 15 is 0 Å². The summed E-state index contributed by atoms with van der Waals surface area (Å²) < 4.78 is 13.5. The molecule has 1 unspecified atom stereocenters. The number of rotatable bonds is 6. The average molecular weight is 456 g/mol. The second kappa shape index (κ2) is 10.0. The Morgan fingerprint density at radius 3 is 2.76 bits per heavy atom. The number of carbonyl (C=O) groups is 1. The number of anilines is 3. The van der Waals surface area contributed by atoms with Gasteiger partial charge in [-0.25, -0.2) is 4.98 Å². The van der Waals surface area contributed by atoms with Gasteiger partial charge in [0.2, 0.25) is 0 Å². The molecule has 4 heterocycles. The van der Waals surface area contributed by atoms with E-state index in [1.165, 1.54) is 23.6 Å². The topological polar surface area (TPSA) is 138 Å². The fourth-order valence-corrected chi connectivity index (χ4v) is 3.66. The summed E-state index contributed by atoms with van der Waals surface area (Å²) in [5.41, 5.74) is 6.13. The third kappa shape index (κ3) is 5.15. The van der Waals surface area contributed by atoms with Crippen molar-refractivity contribution >= 4 is 28.9 Å². The van der Waals surface area contributed by atoms with Crippen LogP contribution in [0.4, 0.5) is 17.3 Å². The van der Waals surface area contributed by atoms with Gasteiger partial charge >= 0.3 is 0 Å². The van der Waals surface area contributed by atoms with Gasteiger partial charge in [-0.05, 0) is 37.8 Å². The molecule has 3 aromatic heterocycles. The summed E-state index contributed by atoms with van der Waals surface area (Å²) in [7, 11) is 3.49. The van der Waals surface area contributed by atoms with Gasteiger partial charge in [0.15, 0.2) is 5.65 Å². The normalized spacial score (nSPS) is 17.8. The minimum Gasteiger partial charge on any atom is -0.381 e. The van der Waals surface area contributed by atoms with E-state index in [0.717, 1.165) is 19.4 Å². The standard InChI is InChI=1S/C18H21N7O3.C4H8O/c1-20-15-8-14(23-17-12(16(19)26)9-21-25(15)17)22-13-5-2-6-24(18(13)27)11-4-3-7-28-10-11;1-5-4-2-3-4/h2,5-6,8-9,11,20H,3-4,7,10H2,1H3,(H2,19,26)(H,22,23);4H,2-3H2,1H3. The fraction of sp³-hybridized carbons (Fsp3) is 0.455. The Kier molecular flexibility index (Phi) is 6.90. The largest absolute Gasteiger partial charge is 0.381 e. The quantitative estimate of drug-likeness (QED) is 0.513. The van der Waals surface area contributed by atoms with Crippen LogP contribution in [-0.2, 0) is 9.47 Å². The van der Waals surface area contributed by atoms with Gasteiger partial charge in [-0.1, -0.05) is 0 Å². The molecule has 1 aliphatic heterocycles. The highest BCUT2D eigenvalue weighted by atomic mass is 16.5. The average Bonchev–Trinajstić information content (AvgIpc) is 3.58. The SMILES string of the molecule is CNc1cc(Nc2cccn(C3CCCOC3)c2=O)nc2c(C(N)=O)cnn12.COC1CC1. The molecule has 1 saturated heterocycles. The van der Waals surface area contributed by atoms with Crippen LogP contribution in [0.15, 0.2) is 35.4 Å². The molecule has 1 amide bonds. The van der Waals surface area contributed by atoms with E-state index in [2.05, 4.69) is 20.7 Å². The highest BCUT2D eigenvalue weighted by Gasteiger charge is 2.20. The minimum atomic E-state index is -0.624. The number of hydrogen-bond donors (Lipinski definition) is 3. The summed E-state index contributed by atoms with van der Waals surface area (Å²) in [5, 5.41) is 10.2. The lowest BCUT2D eigenvalue weighted by molar-refractivity contribution is 0.0581. The van der Waals surface area contributed by atoms with Crippen LogP contribution in [0.3, 0.4) is 0 Å². The van der Waals surface area contributed by atoms with Gasteiger partial charge < -0.3 is 30.4 Å². The van der Waals surface area contributed by atoms with Crippen molar-refractivity contribution in [1.29, 1.82) is 0 Å². The molecule has 11 nitrogen and oxygen atoms in total. The van der Waals surface area contributed by atoms with E-state index in [1.807, 2.05) is 6.07 Å². The Labute approximate surface area is 190 Å². The van der Waals surface area contributed by atoms with E-state index in [1.54, 1.807) is 37.1 Å². The second-order valence-corrected chi connectivity index (χ2v) is 8.00. The van der Waals surface area contributed by atoms with Crippen molar-refractivity contribution in [1.82, 2.24) is 19.2 Å². The number of hydrogen-bond acceptors (Lipinski definition) is 8. The summed E-state index contributed by atoms with van der Waals surface area (Å²) in [4.78, 5) is 29.0. The Morgan fingerprint density at radius 2 is 2.15 bits per heavy atom. The number of carbonyl (C=O) groups excluding carboxylic acids is 1. The monoisotopic (exact) mass is 455 g/mol. The minimum absolute atomic E-state index is 0.0163. The number of fused-ring (bicyclic) bond motifs is 1. The lowest BCUT2D eigenvalue weighted by Gasteiger charge is -2.24. The number of nitrogens with zero attached hydrogens (tertiary/aromatic N) is 4. The smallest absolute Gasteiger partial charge is 0.274 e. The number of nitrogens with two attached hydrogens (primary N) is 1. The van der Waals surface area contributed by atoms with Gasteiger partial charge in [-0.15, -0.1) is 0 Å². The maximum Gasteiger partial charge on any atom is 0.274 e. The number of aromatic nitrogens is 4. The zero-order chi connectivity index (χ0) is 23.4. The molecule has 33 heavy (non-hydrogen) atoms. The summed E-state index contributed by atoms with van der Waals surface area (Å²) in [6, 6.07) is 5.22. The summed E-state index contributed by atoms with van der Waals surface area (Å²) >= 11 is 0. The van der Waals surface area contributed by atoms with Crippen LogP contribution in [0.2, 0.25) is 0 Å². The predicted octanol–water partition coefficient (Wildman–Crippen LogP) is 1.92. The molecule has 4 N–H and O–H groups in total. The first-order chi connectivity index (χ1) is 16.0. The number of primary amides is 1. The molecule has 0 radical (unpaired) electrons. The lowest BCUT2D eigenvalue weighted by Crippen LogP contribution is -2.31. The molecule has 0 spiro atoms. The molecular formula is C22H29N7O4. The number of pyridine rings is 1. The Balaban J connectivity index is 0.000000459. The van der Waals surface area contributed by atoms with Crippen LogP contribution in [0.25, 0.3) is 5.65 Å². The molecule has 1 saturated carbocycles. The van der Waals surface area contributed by atoms with Crippen molar-refractivity contribution in [2.75, 3.05) is 38.0 Å². The molecule has 1 aliphatic carbocycles. The van der Waals surface area contributed by atoms with E-state index < -0.39 is 5.91 Å². The van der Waals surface area contributed by atoms with Crippen molar-refractivity contribution in [3.05, 3.63) is 46.5 Å². The maximum absolute atomic E-state index is 12.9. The molecule has 3 aromatic rings. The van der Waals surface area contributed by atoms with E-state index in [-0.39, 0.29) is 17.2 Å². The van der Waals surface area contributed by atoms with Crippen molar-refractivity contribution in [3.63, 3.8) is 0 Å². The zero-order valence-corrected chi connectivity index (χ0v) is 18.8. The van der Waals surface area contributed by atoms with E-state index in [0.29, 0.717) is 35.7 Å². The fourth-order valence-electron chi connectivity index (χ4n) is 3.66. The first kappa shape index (κ1) is 22.7. The number of ether oxygens (including phenoxy) is 2. The second-order valence-electron chi connectivity index (χ2n) is 8.00. The number of methoxy groups -OCH3 is 1. The van der Waals surface area contributed by atoms with Crippen LogP contribution < -0.4 is 21.9 Å². The van der Waals surface area contributed by atoms with Crippen molar-refractivity contribution in [2.24, 2.45) is 5.73 Å². The molecule has 0 bridgehead atoms. The van der Waals surface area contributed by atoms with Crippen LogP contribution in [0, 0.1) is 0 Å². The van der Waals surface area contributed by atoms with Crippen molar-refractivity contribution in [3.8, 4) is 0 Å². The third-order valence-corrected chi connectivity index (χ3v) is 5.62. The molecule has 176 valence electrons. The van der Waals surface area contributed by atoms with Gasteiger partial charge in [0, 0.05) is 33.0 Å². The third-order valence-electron chi connectivity index (χ3n) is 5.62. The summed E-state index contributed by atoms with van der Waals surface area (Å²) in [6.07, 6.45) is 8.17. The number of amides is 1. The molecule has 1 atom stereocenters. The highest BCUT2D eigenvalue weighted by molar-refractivity contribution is 5.98. The molecule has 2 aliphatic rings. The molecule has 2 fully saturated rings. The summed E-state index contributed by atoms with van der Waals surface area (Å²) in [6.45, 7) is 1.25. The summed E-state index contributed by atoms with van der Waals surface area (Å²) in [5.74, 6) is 0.368. The van der Waals surface area contributed by atoms with Crippen LogP contribution in [-0.4, -0.2) is 58.5 Å². The highest BCUT2D eigenvalue weighted by Crippen LogP contribution is 2.22.